The molecular weight excluding hydrogens is 406 g/mol. The molecule has 0 aliphatic heterocycles. The van der Waals surface area contributed by atoms with Gasteiger partial charge in [-0.25, -0.2) is 0 Å². The fourth-order valence-electron chi connectivity index (χ4n) is 2.64. The molecule has 0 saturated heterocycles. The summed E-state index contributed by atoms with van der Waals surface area (Å²) >= 11 is 1.64. The van der Waals surface area contributed by atoms with E-state index in [-0.39, 0.29) is 6.01 Å². The van der Waals surface area contributed by atoms with Gasteiger partial charge < -0.3 is 18.6 Å². The first-order valence-electron chi connectivity index (χ1n) is 8.85. The Morgan fingerprint density at radius 2 is 1.70 bits per heavy atom. The van der Waals surface area contributed by atoms with Gasteiger partial charge >= 0.3 is 6.01 Å². The smallest absolute Gasteiger partial charge is 0.322 e. The first kappa shape index (κ1) is 21.3. The lowest BCUT2D eigenvalue weighted by Gasteiger charge is -2.12. The number of carbonyl (C=O) groups is 1. The molecule has 0 aliphatic carbocycles. The van der Waals surface area contributed by atoms with Crippen molar-refractivity contribution < 1.29 is 23.4 Å². The second-order valence-electron chi connectivity index (χ2n) is 5.92. The maximum absolute atomic E-state index is 12.2. The number of rotatable bonds is 8. The molecule has 9 heteroatoms. The summed E-state index contributed by atoms with van der Waals surface area (Å²) in [6.07, 6.45) is 4.96. The van der Waals surface area contributed by atoms with E-state index in [1.54, 1.807) is 30.0 Å². The van der Waals surface area contributed by atoms with Crippen LogP contribution in [0.5, 0.6) is 17.2 Å². The van der Waals surface area contributed by atoms with Crippen molar-refractivity contribution in [1.82, 2.24) is 10.2 Å². The largest absolute Gasteiger partial charge is 0.493 e. The lowest BCUT2D eigenvalue weighted by atomic mass is 10.1. The number of nitrogens with zero attached hydrogens (tertiary/aromatic N) is 2. The minimum absolute atomic E-state index is 0.0125. The zero-order chi connectivity index (χ0) is 21.5. The molecule has 1 N–H and O–H groups in total. The van der Waals surface area contributed by atoms with Gasteiger partial charge in [-0.05, 0) is 54.3 Å². The molecule has 156 valence electrons. The SMILES string of the molecule is COc1cc(C=CC(=O)Nc2nnc(-c3ccc(SC)cc3)o2)cc(OC)c1OC. The molecule has 1 aromatic heterocycles. The molecule has 1 heterocycles. The van der Waals surface area contributed by atoms with Crippen molar-refractivity contribution in [1.29, 1.82) is 0 Å². The van der Waals surface area contributed by atoms with Crippen LogP contribution in [0.3, 0.4) is 0 Å². The normalized spacial score (nSPS) is 10.8. The van der Waals surface area contributed by atoms with E-state index >= 15 is 0 Å². The summed E-state index contributed by atoms with van der Waals surface area (Å²) in [5, 5.41) is 10.4. The molecule has 0 fully saturated rings. The maximum Gasteiger partial charge on any atom is 0.322 e. The van der Waals surface area contributed by atoms with Gasteiger partial charge in [-0.2, -0.15) is 0 Å². The maximum atomic E-state index is 12.2. The Morgan fingerprint density at radius 1 is 1.03 bits per heavy atom. The number of hydrogen-bond acceptors (Lipinski definition) is 8. The van der Waals surface area contributed by atoms with E-state index in [4.69, 9.17) is 18.6 Å². The Hall–Kier alpha value is -3.46. The Kier molecular flexibility index (Phi) is 6.97. The van der Waals surface area contributed by atoms with Gasteiger partial charge in [0.05, 0.1) is 21.3 Å². The van der Waals surface area contributed by atoms with E-state index in [1.807, 2.05) is 30.5 Å². The molecule has 8 nitrogen and oxygen atoms in total. The van der Waals surface area contributed by atoms with Gasteiger partial charge in [-0.3, -0.25) is 10.1 Å². The number of thioether (sulfide) groups is 1. The van der Waals surface area contributed by atoms with Crippen LogP contribution in [0.1, 0.15) is 5.56 Å². The average Bonchev–Trinajstić information content (AvgIpc) is 3.25. The van der Waals surface area contributed by atoms with Crippen molar-refractivity contribution >= 4 is 29.8 Å². The van der Waals surface area contributed by atoms with Crippen LogP contribution in [-0.4, -0.2) is 43.7 Å². The Morgan fingerprint density at radius 3 is 2.27 bits per heavy atom. The summed E-state index contributed by atoms with van der Waals surface area (Å²) in [4.78, 5) is 13.4. The molecule has 2 aromatic carbocycles. The van der Waals surface area contributed by atoms with Crippen LogP contribution in [0.2, 0.25) is 0 Å². The van der Waals surface area contributed by atoms with Crippen LogP contribution in [0, 0.1) is 0 Å². The lowest BCUT2D eigenvalue weighted by Crippen LogP contribution is -2.07. The molecule has 3 aromatic rings. The Labute approximate surface area is 178 Å². The predicted molar refractivity (Wildman–Crippen MR) is 115 cm³/mol. The minimum Gasteiger partial charge on any atom is -0.493 e. The molecule has 0 atom stereocenters. The van der Waals surface area contributed by atoms with E-state index in [0.29, 0.717) is 28.7 Å². The molecule has 0 unspecified atom stereocenters. The van der Waals surface area contributed by atoms with Crippen LogP contribution in [0.25, 0.3) is 17.5 Å². The minimum atomic E-state index is -0.420. The quantitative estimate of drug-likeness (QED) is 0.423. The second kappa shape index (κ2) is 9.84. The zero-order valence-corrected chi connectivity index (χ0v) is 17.8. The highest BCUT2D eigenvalue weighted by Crippen LogP contribution is 2.38. The Balaban J connectivity index is 1.70. The average molecular weight is 427 g/mol. The van der Waals surface area contributed by atoms with Crippen molar-refractivity contribution in [2.45, 2.75) is 4.90 Å². The van der Waals surface area contributed by atoms with Gasteiger partial charge in [0, 0.05) is 16.5 Å². The predicted octanol–water partition coefficient (Wildman–Crippen LogP) is 4.14. The molecule has 0 radical (unpaired) electrons. The van der Waals surface area contributed by atoms with Gasteiger partial charge in [0.25, 0.3) is 5.91 Å². The van der Waals surface area contributed by atoms with E-state index in [9.17, 15) is 4.79 Å². The van der Waals surface area contributed by atoms with Gasteiger partial charge in [-0.15, -0.1) is 16.9 Å². The first-order valence-corrected chi connectivity index (χ1v) is 10.1. The van der Waals surface area contributed by atoms with Gasteiger partial charge in [-0.1, -0.05) is 5.10 Å². The third-order valence-electron chi connectivity index (χ3n) is 4.11. The van der Waals surface area contributed by atoms with Crippen LogP contribution in [0.15, 0.2) is 51.8 Å². The van der Waals surface area contributed by atoms with Crippen molar-refractivity contribution in [2.75, 3.05) is 32.9 Å². The van der Waals surface area contributed by atoms with Crippen LogP contribution < -0.4 is 19.5 Å². The fourth-order valence-corrected chi connectivity index (χ4v) is 3.05. The topological polar surface area (TPSA) is 95.7 Å². The number of benzene rings is 2. The van der Waals surface area contributed by atoms with Gasteiger partial charge in [0.15, 0.2) is 11.5 Å². The van der Waals surface area contributed by atoms with E-state index in [0.717, 1.165) is 10.5 Å². The Bertz CT molecular complexity index is 1020. The standard InChI is InChI=1S/C21H21N3O5S/c1-26-16-11-13(12-17(27-2)19(16)28-3)5-10-18(25)22-21-24-23-20(29-21)14-6-8-15(30-4)9-7-14/h5-12H,1-4H3,(H,22,24,25). The molecule has 1 amide bonds. The third kappa shape index (κ3) is 4.93. The number of ether oxygens (including phenoxy) is 3. The summed E-state index contributed by atoms with van der Waals surface area (Å²) in [5.41, 5.74) is 1.47. The number of nitrogens with one attached hydrogen (secondary N) is 1. The molecule has 30 heavy (non-hydrogen) atoms. The number of aromatic nitrogens is 2. The van der Waals surface area contributed by atoms with Crippen molar-refractivity contribution in [3.63, 3.8) is 0 Å². The lowest BCUT2D eigenvalue weighted by molar-refractivity contribution is -0.112. The number of anilines is 1. The highest BCUT2D eigenvalue weighted by molar-refractivity contribution is 7.98. The van der Waals surface area contributed by atoms with Crippen molar-refractivity contribution in [2.24, 2.45) is 0 Å². The fraction of sp³-hybridized carbons (Fsp3) is 0.190. The molecule has 3 rings (SSSR count). The van der Waals surface area contributed by atoms with Gasteiger partial charge in [0.2, 0.25) is 11.6 Å². The summed E-state index contributed by atoms with van der Waals surface area (Å²) in [6, 6.07) is 11.2. The molecular formula is C21H21N3O5S. The molecule has 0 spiro atoms. The van der Waals surface area contributed by atoms with Crippen LogP contribution >= 0.6 is 11.8 Å². The number of methoxy groups -OCH3 is 3. The zero-order valence-electron chi connectivity index (χ0n) is 17.0. The van der Waals surface area contributed by atoms with Crippen LogP contribution in [-0.2, 0) is 4.79 Å². The molecule has 0 aliphatic rings. The summed E-state index contributed by atoms with van der Waals surface area (Å²) in [7, 11) is 4.58. The highest BCUT2D eigenvalue weighted by Gasteiger charge is 2.13. The summed E-state index contributed by atoms with van der Waals surface area (Å²) in [5.74, 6) is 1.37. The van der Waals surface area contributed by atoms with E-state index in [1.165, 1.54) is 27.4 Å². The van der Waals surface area contributed by atoms with E-state index < -0.39 is 5.91 Å². The first-order chi connectivity index (χ1) is 14.6. The van der Waals surface area contributed by atoms with Gasteiger partial charge in [0.1, 0.15) is 0 Å². The monoisotopic (exact) mass is 427 g/mol. The van der Waals surface area contributed by atoms with Crippen LogP contribution in [0.4, 0.5) is 6.01 Å². The number of carbonyl (C=O) groups excluding carboxylic acids is 1. The number of hydrogen-bond donors (Lipinski definition) is 1. The molecule has 0 bridgehead atoms. The van der Waals surface area contributed by atoms with Crippen molar-refractivity contribution in [3.8, 4) is 28.7 Å². The third-order valence-corrected chi connectivity index (χ3v) is 4.85. The summed E-state index contributed by atoms with van der Waals surface area (Å²) in [6.45, 7) is 0. The highest BCUT2D eigenvalue weighted by atomic mass is 32.2. The summed E-state index contributed by atoms with van der Waals surface area (Å²) < 4.78 is 21.4. The molecule has 0 saturated carbocycles. The second-order valence-corrected chi connectivity index (χ2v) is 6.80. The van der Waals surface area contributed by atoms with Crippen molar-refractivity contribution in [3.05, 3.63) is 48.0 Å². The number of amides is 1. The van der Waals surface area contributed by atoms with E-state index in [2.05, 4.69) is 15.5 Å².